The molecule has 20 heavy (non-hydrogen) atoms. The van der Waals surface area contributed by atoms with Gasteiger partial charge in [0.1, 0.15) is 5.82 Å². The Morgan fingerprint density at radius 1 is 1.05 bits per heavy atom. The lowest BCUT2D eigenvalue weighted by Crippen LogP contribution is -2.48. The van der Waals surface area contributed by atoms with E-state index < -0.39 is 0 Å². The molecule has 0 bridgehead atoms. The summed E-state index contributed by atoms with van der Waals surface area (Å²) in [6.45, 7) is 6.67. The highest BCUT2D eigenvalue weighted by atomic mass is 19.1. The quantitative estimate of drug-likeness (QED) is 0.891. The van der Waals surface area contributed by atoms with Gasteiger partial charge in [-0.15, -0.1) is 0 Å². The molecular weight excluding hydrogens is 253 g/mol. The molecule has 3 rings (SSSR count). The molecule has 1 saturated carbocycles. The van der Waals surface area contributed by atoms with E-state index in [9.17, 15) is 4.39 Å². The zero-order valence-electron chi connectivity index (χ0n) is 12.0. The van der Waals surface area contributed by atoms with Crippen LogP contribution in [0.1, 0.15) is 24.4 Å². The average molecular weight is 277 g/mol. The van der Waals surface area contributed by atoms with Crippen molar-refractivity contribution in [2.24, 2.45) is 11.7 Å². The molecule has 2 aliphatic rings. The average Bonchev–Trinajstić information content (AvgIpc) is 3.26. The van der Waals surface area contributed by atoms with E-state index in [1.165, 1.54) is 31.5 Å². The van der Waals surface area contributed by atoms with E-state index in [-0.39, 0.29) is 11.9 Å². The minimum atomic E-state index is -0.199. The molecule has 110 valence electrons. The first-order chi connectivity index (χ1) is 9.70. The van der Waals surface area contributed by atoms with Crippen LogP contribution in [0.5, 0.6) is 0 Å². The van der Waals surface area contributed by atoms with Crippen molar-refractivity contribution < 1.29 is 4.39 Å². The summed E-state index contributed by atoms with van der Waals surface area (Å²) < 4.78 is 12.9. The lowest BCUT2D eigenvalue weighted by molar-refractivity contribution is 0.123. The Kier molecular flexibility index (Phi) is 4.34. The minimum Gasteiger partial charge on any atom is -0.323 e. The third-order valence-electron chi connectivity index (χ3n) is 4.43. The minimum absolute atomic E-state index is 0.0226. The van der Waals surface area contributed by atoms with E-state index in [0.29, 0.717) is 0 Å². The Balaban J connectivity index is 1.45. The SMILES string of the molecule is NC(CN1CCN(CC2CC2)CC1)c1ccc(F)cc1. The molecule has 1 aromatic carbocycles. The largest absolute Gasteiger partial charge is 0.323 e. The summed E-state index contributed by atoms with van der Waals surface area (Å²) in [6, 6.07) is 6.55. The lowest BCUT2D eigenvalue weighted by atomic mass is 10.1. The number of piperazine rings is 1. The number of benzene rings is 1. The second-order valence-corrected chi connectivity index (χ2v) is 6.20. The number of nitrogens with zero attached hydrogens (tertiary/aromatic N) is 2. The zero-order chi connectivity index (χ0) is 13.9. The van der Waals surface area contributed by atoms with E-state index in [2.05, 4.69) is 9.80 Å². The van der Waals surface area contributed by atoms with Crippen LogP contribution in [-0.4, -0.2) is 49.1 Å². The van der Waals surface area contributed by atoms with Gasteiger partial charge in [-0.2, -0.15) is 0 Å². The number of hydrogen-bond acceptors (Lipinski definition) is 3. The molecule has 3 nitrogen and oxygen atoms in total. The van der Waals surface area contributed by atoms with Gasteiger partial charge in [-0.1, -0.05) is 12.1 Å². The van der Waals surface area contributed by atoms with Gasteiger partial charge in [0, 0.05) is 45.3 Å². The molecule has 1 aliphatic heterocycles. The molecular formula is C16H24FN3. The topological polar surface area (TPSA) is 32.5 Å². The molecule has 1 unspecified atom stereocenters. The predicted molar refractivity (Wildman–Crippen MR) is 78.9 cm³/mol. The molecule has 0 spiro atoms. The van der Waals surface area contributed by atoms with Crippen molar-refractivity contribution >= 4 is 0 Å². The lowest BCUT2D eigenvalue weighted by Gasteiger charge is -2.36. The fourth-order valence-electron chi connectivity index (χ4n) is 2.91. The smallest absolute Gasteiger partial charge is 0.123 e. The Hall–Kier alpha value is -0.970. The normalized spacial score (nSPS) is 22.9. The highest BCUT2D eigenvalue weighted by Crippen LogP contribution is 2.30. The first-order valence-corrected chi connectivity index (χ1v) is 7.66. The predicted octanol–water partition coefficient (Wildman–Crippen LogP) is 1.85. The summed E-state index contributed by atoms with van der Waals surface area (Å²) >= 11 is 0. The molecule has 0 radical (unpaired) electrons. The second kappa shape index (κ2) is 6.20. The summed E-state index contributed by atoms with van der Waals surface area (Å²) in [6.07, 6.45) is 2.85. The van der Waals surface area contributed by atoms with E-state index in [1.54, 1.807) is 12.1 Å². The van der Waals surface area contributed by atoms with Crippen molar-refractivity contribution in [1.29, 1.82) is 0 Å². The van der Waals surface area contributed by atoms with E-state index in [4.69, 9.17) is 5.73 Å². The first-order valence-electron chi connectivity index (χ1n) is 7.66. The van der Waals surface area contributed by atoms with Gasteiger partial charge in [0.2, 0.25) is 0 Å². The van der Waals surface area contributed by atoms with Crippen LogP contribution in [-0.2, 0) is 0 Å². The summed E-state index contributed by atoms with van der Waals surface area (Å²) in [5, 5.41) is 0. The van der Waals surface area contributed by atoms with Crippen molar-refractivity contribution in [3.63, 3.8) is 0 Å². The maximum atomic E-state index is 12.9. The first kappa shape index (κ1) is 14.0. The van der Waals surface area contributed by atoms with Crippen LogP contribution in [0.2, 0.25) is 0 Å². The van der Waals surface area contributed by atoms with Crippen molar-refractivity contribution in [2.75, 3.05) is 39.3 Å². The van der Waals surface area contributed by atoms with Crippen LogP contribution < -0.4 is 5.73 Å². The molecule has 1 aromatic rings. The number of nitrogens with two attached hydrogens (primary N) is 1. The molecule has 0 aromatic heterocycles. The molecule has 2 N–H and O–H groups in total. The maximum absolute atomic E-state index is 12.9. The highest BCUT2D eigenvalue weighted by molar-refractivity contribution is 5.19. The van der Waals surface area contributed by atoms with Crippen LogP contribution >= 0.6 is 0 Å². The maximum Gasteiger partial charge on any atom is 0.123 e. The van der Waals surface area contributed by atoms with Gasteiger partial charge in [-0.25, -0.2) is 4.39 Å². The third kappa shape index (κ3) is 3.78. The van der Waals surface area contributed by atoms with Crippen LogP contribution in [0.3, 0.4) is 0 Å². The molecule has 1 saturated heterocycles. The third-order valence-corrected chi connectivity index (χ3v) is 4.43. The molecule has 4 heteroatoms. The molecule has 2 fully saturated rings. The van der Waals surface area contributed by atoms with Crippen LogP contribution in [0.4, 0.5) is 4.39 Å². The van der Waals surface area contributed by atoms with E-state index in [1.807, 2.05) is 0 Å². The van der Waals surface area contributed by atoms with Crippen molar-refractivity contribution in [3.05, 3.63) is 35.6 Å². The number of halogens is 1. The molecule has 1 atom stereocenters. The monoisotopic (exact) mass is 277 g/mol. The molecule has 0 amide bonds. The Bertz CT molecular complexity index is 422. The van der Waals surface area contributed by atoms with Gasteiger partial charge in [-0.05, 0) is 36.5 Å². The summed E-state index contributed by atoms with van der Waals surface area (Å²) in [7, 11) is 0. The summed E-state index contributed by atoms with van der Waals surface area (Å²) in [5.74, 6) is 0.776. The Labute approximate surface area is 120 Å². The van der Waals surface area contributed by atoms with Crippen LogP contribution in [0, 0.1) is 11.7 Å². The molecule has 1 heterocycles. The standard InChI is InChI=1S/C16H24FN3/c17-15-5-3-14(4-6-15)16(18)12-20-9-7-19(8-10-20)11-13-1-2-13/h3-6,13,16H,1-2,7-12,18H2. The van der Waals surface area contributed by atoms with Gasteiger partial charge in [0.05, 0.1) is 0 Å². The number of rotatable bonds is 5. The van der Waals surface area contributed by atoms with Gasteiger partial charge in [-0.3, -0.25) is 4.90 Å². The summed E-state index contributed by atoms with van der Waals surface area (Å²) in [4.78, 5) is 5.01. The Morgan fingerprint density at radius 2 is 1.65 bits per heavy atom. The van der Waals surface area contributed by atoms with Gasteiger partial charge in [0.25, 0.3) is 0 Å². The fraction of sp³-hybridized carbons (Fsp3) is 0.625. The molecule has 1 aliphatic carbocycles. The zero-order valence-corrected chi connectivity index (χ0v) is 12.0. The Morgan fingerprint density at radius 3 is 2.25 bits per heavy atom. The highest BCUT2D eigenvalue weighted by Gasteiger charge is 2.26. The van der Waals surface area contributed by atoms with Gasteiger partial charge < -0.3 is 10.6 Å². The second-order valence-electron chi connectivity index (χ2n) is 6.20. The van der Waals surface area contributed by atoms with Crippen LogP contribution in [0.15, 0.2) is 24.3 Å². The summed E-state index contributed by atoms with van der Waals surface area (Å²) in [5.41, 5.74) is 7.24. The van der Waals surface area contributed by atoms with Gasteiger partial charge in [0.15, 0.2) is 0 Å². The van der Waals surface area contributed by atoms with E-state index >= 15 is 0 Å². The van der Waals surface area contributed by atoms with Gasteiger partial charge >= 0.3 is 0 Å². The van der Waals surface area contributed by atoms with Crippen molar-refractivity contribution in [2.45, 2.75) is 18.9 Å². The van der Waals surface area contributed by atoms with Crippen molar-refractivity contribution in [1.82, 2.24) is 9.80 Å². The number of hydrogen-bond donors (Lipinski definition) is 1. The van der Waals surface area contributed by atoms with Crippen molar-refractivity contribution in [3.8, 4) is 0 Å². The van der Waals surface area contributed by atoms with Crippen LogP contribution in [0.25, 0.3) is 0 Å². The van der Waals surface area contributed by atoms with E-state index in [0.717, 1.165) is 44.2 Å². The fourth-order valence-corrected chi connectivity index (χ4v) is 2.91.